The monoisotopic (exact) mass is 174 g/mol. The van der Waals surface area contributed by atoms with Gasteiger partial charge in [0.1, 0.15) is 0 Å². The molecule has 0 amide bonds. The summed E-state index contributed by atoms with van der Waals surface area (Å²) < 4.78 is 2.47. The first-order chi connectivity index (χ1) is 5.14. The highest BCUT2D eigenvalue weighted by atomic mass is 28.3. The van der Waals surface area contributed by atoms with Crippen molar-refractivity contribution in [1.82, 2.24) is 4.57 Å². The molecule has 0 radical (unpaired) electrons. The van der Waals surface area contributed by atoms with Crippen LogP contribution in [0.1, 0.15) is 27.7 Å². The van der Waals surface area contributed by atoms with Gasteiger partial charge in [-0.2, -0.15) is 0 Å². The van der Waals surface area contributed by atoms with Gasteiger partial charge in [0.15, 0.2) is 0 Å². The van der Waals surface area contributed by atoms with E-state index in [1.165, 1.54) is 12.1 Å². The molecule has 0 aliphatic carbocycles. The molecule has 0 spiro atoms. The van der Waals surface area contributed by atoms with E-state index in [0.717, 1.165) is 13.1 Å². The van der Waals surface area contributed by atoms with Gasteiger partial charge < -0.3 is 9.96 Å². The Morgan fingerprint density at radius 1 is 1.00 bits per heavy atom. The number of nitrogens with two attached hydrogens (primary N) is 1. The van der Waals surface area contributed by atoms with Gasteiger partial charge in [-0.25, -0.2) is 0 Å². The zero-order valence-corrected chi connectivity index (χ0v) is 9.35. The summed E-state index contributed by atoms with van der Waals surface area (Å²) in [6.07, 6.45) is 0. The molecule has 2 nitrogen and oxygen atoms in total. The molecule has 0 bridgehead atoms. The molecule has 0 rings (SSSR count). The van der Waals surface area contributed by atoms with Crippen molar-refractivity contribution in [3.63, 3.8) is 0 Å². The van der Waals surface area contributed by atoms with Crippen molar-refractivity contribution in [3.05, 3.63) is 0 Å². The molecule has 0 aromatic rings. The van der Waals surface area contributed by atoms with Gasteiger partial charge in [-0.05, 0) is 25.2 Å². The molecule has 68 valence electrons. The lowest BCUT2D eigenvalue weighted by molar-refractivity contribution is 0.457. The highest BCUT2D eigenvalue weighted by Crippen LogP contribution is 2.12. The van der Waals surface area contributed by atoms with Crippen molar-refractivity contribution >= 4 is 8.40 Å². The fourth-order valence-electron chi connectivity index (χ4n) is 1.55. The number of rotatable bonds is 5. The third-order valence-corrected chi connectivity index (χ3v) is 6.96. The Labute approximate surface area is 71.9 Å². The minimum atomic E-state index is -1.49. The Balaban J connectivity index is 4.19. The molecule has 2 N–H and O–H groups in total. The molecule has 0 saturated carbocycles. The number of hydrogen-bond donors (Lipinski definition) is 1. The van der Waals surface area contributed by atoms with Crippen molar-refractivity contribution in [2.75, 3.05) is 13.1 Å². The molecular formula is C8H22N2Si. The van der Waals surface area contributed by atoms with Crippen LogP contribution in [0.25, 0.3) is 0 Å². The van der Waals surface area contributed by atoms with Crippen molar-refractivity contribution in [1.29, 1.82) is 0 Å². The van der Waals surface area contributed by atoms with E-state index in [1.54, 1.807) is 0 Å². The summed E-state index contributed by atoms with van der Waals surface area (Å²) in [5.74, 6) is 0. The molecule has 0 aromatic carbocycles. The van der Waals surface area contributed by atoms with Crippen LogP contribution in [0.5, 0.6) is 0 Å². The standard InChI is InChI=1S/C8H22N2Si/c1-5-10(6-2)11(9,7-3)8-4/h5-9H2,1-4H3. The summed E-state index contributed by atoms with van der Waals surface area (Å²) >= 11 is 0. The highest BCUT2D eigenvalue weighted by Gasteiger charge is 2.29. The zero-order chi connectivity index (χ0) is 8.91. The molecule has 0 aromatic heterocycles. The maximum Gasteiger partial charge on any atom is 0.200 e. The molecule has 0 heterocycles. The van der Waals surface area contributed by atoms with E-state index in [-0.39, 0.29) is 0 Å². The molecule has 0 saturated heterocycles. The van der Waals surface area contributed by atoms with Gasteiger partial charge in [0.2, 0.25) is 8.40 Å². The van der Waals surface area contributed by atoms with E-state index in [2.05, 4.69) is 32.3 Å². The molecular weight excluding hydrogens is 152 g/mol. The van der Waals surface area contributed by atoms with Crippen LogP contribution in [0.4, 0.5) is 0 Å². The zero-order valence-electron chi connectivity index (χ0n) is 8.35. The van der Waals surface area contributed by atoms with Crippen LogP contribution in [-0.2, 0) is 0 Å². The Kier molecular flexibility index (Phi) is 4.96. The summed E-state index contributed by atoms with van der Waals surface area (Å²) in [6, 6.07) is 2.34. The molecule has 0 unspecified atom stereocenters. The third-order valence-electron chi connectivity index (χ3n) is 2.62. The van der Waals surface area contributed by atoms with E-state index in [9.17, 15) is 0 Å². The first-order valence-corrected chi connectivity index (χ1v) is 7.12. The smallest absolute Gasteiger partial charge is 0.200 e. The second-order valence-electron chi connectivity index (χ2n) is 2.98. The number of nitrogens with zero attached hydrogens (tertiary/aromatic N) is 1. The highest BCUT2D eigenvalue weighted by molar-refractivity contribution is 6.73. The molecule has 0 atom stereocenters. The molecule has 0 aliphatic rings. The number of hydrogen-bond acceptors (Lipinski definition) is 2. The maximum atomic E-state index is 6.33. The molecule has 3 heteroatoms. The molecule has 11 heavy (non-hydrogen) atoms. The van der Waals surface area contributed by atoms with E-state index in [1.807, 2.05) is 0 Å². The predicted molar refractivity (Wildman–Crippen MR) is 53.8 cm³/mol. The topological polar surface area (TPSA) is 29.3 Å². The van der Waals surface area contributed by atoms with Crippen molar-refractivity contribution in [3.8, 4) is 0 Å². The second kappa shape index (κ2) is 4.90. The van der Waals surface area contributed by atoms with Crippen LogP contribution in [-0.4, -0.2) is 26.1 Å². The van der Waals surface area contributed by atoms with E-state index >= 15 is 0 Å². The average molecular weight is 174 g/mol. The van der Waals surface area contributed by atoms with Gasteiger partial charge in [-0.15, -0.1) is 0 Å². The molecule has 0 fully saturated rings. The predicted octanol–water partition coefficient (Wildman–Crippen LogP) is 1.77. The van der Waals surface area contributed by atoms with Crippen LogP contribution in [0.3, 0.4) is 0 Å². The van der Waals surface area contributed by atoms with E-state index in [0.29, 0.717) is 0 Å². The largest absolute Gasteiger partial charge is 0.339 e. The summed E-state index contributed by atoms with van der Waals surface area (Å²) in [6.45, 7) is 11.1. The van der Waals surface area contributed by atoms with Gasteiger partial charge in [-0.1, -0.05) is 27.7 Å². The van der Waals surface area contributed by atoms with Crippen LogP contribution in [0.15, 0.2) is 0 Å². The Hall–Kier alpha value is 0.137. The van der Waals surface area contributed by atoms with Gasteiger partial charge in [-0.3, -0.25) is 0 Å². The minimum absolute atomic E-state index is 1.11. The van der Waals surface area contributed by atoms with Crippen molar-refractivity contribution in [2.24, 2.45) is 5.40 Å². The van der Waals surface area contributed by atoms with Crippen molar-refractivity contribution < 1.29 is 0 Å². The fraction of sp³-hybridized carbons (Fsp3) is 1.00. The van der Waals surface area contributed by atoms with Gasteiger partial charge >= 0.3 is 0 Å². The summed E-state index contributed by atoms with van der Waals surface area (Å²) in [5.41, 5.74) is 0. The second-order valence-corrected chi connectivity index (χ2v) is 7.24. The Morgan fingerprint density at radius 2 is 1.36 bits per heavy atom. The average Bonchev–Trinajstić information content (AvgIpc) is 2.06. The maximum absolute atomic E-state index is 6.33. The first kappa shape index (κ1) is 11.1. The first-order valence-electron chi connectivity index (χ1n) is 4.68. The van der Waals surface area contributed by atoms with Crippen LogP contribution < -0.4 is 5.40 Å². The summed E-state index contributed by atoms with van der Waals surface area (Å²) in [5, 5.41) is 6.33. The summed E-state index contributed by atoms with van der Waals surface area (Å²) in [7, 11) is -1.49. The van der Waals surface area contributed by atoms with E-state index in [4.69, 9.17) is 5.40 Å². The Morgan fingerprint density at radius 3 is 1.45 bits per heavy atom. The lowest BCUT2D eigenvalue weighted by Gasteiger charge is -2.36. The quantitative estimate of drug-likeness (QED) is 0.644. The van der Waals surface area contributed by atoms with Gasteiger partial charge in [0.25, 0.3) is 0 Å². The van der Waals surface area contributed by atoms with Crippen LogP contribution >= 0.6 is 0 Å². The van der Waals surface area contributed by atoms with E-state index < -0.39 is 8.40 Å². The van der Waals surface area contributed by atoms with Crippen LogP contribution in [0.2, 0.25) is 12.1 Å². The normalized spacial score (nSPS) is 12.5. The summed E-state index contributed by atoms with van der Waals surface area (Å²) in [4.78, 5) is 0. The van der Waals surface area contributed by atoms with Gasteiger partial charge in [0, 0.05) is 0 Å². The van der Waals surface area contributed by atoms with Gasteiger partial charge in [0.05, 0.1) is 0 Å². The fourth-order valence-corrected chi connectivity index (χ4v) is 4.20. The lowest BCUT2D eigenvalue weighted by atomic mass is 10.7. The SMILES string of the molecule is CCN(CC)[Si](N)(CC)CC. The third kappa shape index (κ3) is 2.58. The lowest BCUT2D eigenvalue weighted by Crippen LogP contribution is -2.60. The minimum Gasteiger partial charge on any atom is -0.339 e. The van der Waals surface area contributed by atoms with Crippen molar-refractivity contribution in [2.45, 2.75) is 39.8 Å². The Bertz CT molecular complexity index is 98.3. The van der Waals surface area contributed by atoms with Crippen LogP contribution in [0, 0.1) is 0 Å². The molecule has 0 aliphatic heterocycles.